The molecule has 0 aromatic rings. The molecule has 1 saturated heterocycles. The highest BCUT2D eigenvalue weighted by atomic mass is 16.2. The van der Waals surface area contributed by atoms with Gasteiger partial charge in [0.2, 0.25) is 0 Å². The van der Waals surface area contributed by atoms with Crippen molar-refractivity contribution in [2.24, 2.45) is 5.10 Å². The molecule has 1 aliphatic carbocycles. The molecule has 2 rings (SSSR count). The lowest BCUT2D eigenvalue weighted by Crippen LogP contribution is -2.40. The Morgan fingerprint density at radius 2 is 1.65 bits per heavy atom. The number of nitrogens with zero attached hydrogens (tertiary/aromatic N) is 2. The number of carbonyl (C=O) groups excluding carboxylic acids is 2. The summed E-state index contributed by atoms with van der Waals surface area (Å²) in [5, 5.41) is 4.05. The van der Waals surface area contributed by atoms with E-state index in [0.29, 0.717) is 13.1 Å². The molecule has 0 spiro atoms. The van der Waals surface area contributed by atoms with Crippen LogP contribution in [0.2, 0.25) is 0 Å². The van der Waals surface area contributed by atoms with Crippen LogP contribution in [0.3, 0.4) is 0 Å². The molecular formula is C12H19N3O2. The van der Waals surface area contributed by atoms with Crippen LogP contribution in [0.4, 0.5) is 0 Å². The summed E-state index contributed by atoms with van der Waals surface area (Å²) in [6.07, 6.45) is 7.38. The molecule has 2 aliphatic rings. The van der Waals surface area contributed by atoms with Gasteiger partial charge in [0.1, 0.15) is 0 Å². The van der Waals surface area contributed by atoms with Gasteiger partial charge in [-0.15, -0.1) is 0 Å². The van der Waals surface area contributed by atoms with E-state index >= 15 is 0 Å². The van der Waals surface area contributed by atoms with Crippen molar-refractivity contribution in [1.29, 1.82) is 0 Å². The first kappa shape index (κ1) is 12.1. The smallest absolute Gasteiger partial charge is 0.329 e. The first-order chi connectivity index (χ1) is 8.27. The van der Waals surface area contributed by atoms with Crippen LogP contribution in [-0.2, 0) is 9.59 Å². The van der Waals surface area contributed by atoms with Crippen molar-refractivity contribution in [3.8, 4) is 0 Å². The fraction of sp³-hybridized carbons (Fsp3) is 0.750. The molecule has 2 fully saturated rings. The van der Waals surface area contributed by atoms with E-state index in [1.54, 1.807) is 4.90 Å². The lowest BCUT2D eigenvalue weighted by Gasteiger charge is -2.14. The monoisotopic (exact) mass is 237 g/mol. The van der Waals surface area contributed by atoms with Crippen molar-refractivity contribution < 1.29 is 9.59 Å². The molecule has 0 atom stereocenters. The average molecular weight is 237 g/mol. The first-order valence-corrected chi connectivity index (χ1v) is 6.42. The maximum absolute atomic E-state index is 11.7. The fourth-order valence-electron chi connectivity index (χ4n) is 2.31. The molecule has 5 heteroatoms. The Balaban J connectivity index is 1.81. The van der Waals surface area contributed by atoms with Crippen molar-refractivity contribution in [2.75, 3.05) is 13.1 Å². The highest BCUT2D eigenvalue weighted by molar-refractivity contribution is 6.35. The molecular weight excluding hydrogens is 218 g/mol. The van der Waals surface area contributed by atoms with E-state index in [2.05, 4.69) is 10.5 Å². The number of rotatable bonds is 1. The van der Waals surface area contributed by atoms with E-state index in [0.717, 1.165) is 44.2 Å². The van der Waals surface area contributed by atoms with Crippen LogP contribution in [0.25, 0.3) is 0 Å². The van der Waals surface area contributed by atoms with Crippen LogP contribution < -0.4 is 5.43 Å². The zero-order valence-electron chi connectivity index (χ0n) is 10.1. The third kappa shape index (κ3) is 3.28. The quantitative estimate of drug-likeness (QED) is 0.547. The van der Waals surface area contributed by atoms with Crippen LogP contribution in [-0.4, -0.2) is 35.5 Å². The Morgan fingerprint density at radius 3 is 2.29 bits per heavy atom. The Hall–Kier alpha value is -1.39. The van der Waals surface area contributed by atoms with Gasteiger partial charge in [-0.25, -0.2) is 5.43 Å². The lowest BCUT2D eigenvalue weighted by molar-refractivity contribution is -0.145. The number of hydrogen-bond donors (Lipinski definition) is 1. The summed E-state index contributed by atoms with van der Waals surface area (Å²) in [5.74, 6) is -1.03. The third-order valence-corrected chi connectivity index (χ3v) is 3.33. The number of hydrogen-bond acceptors (Lipinski definition) is 3. The van der Waals surface area contributed by atoms with Crippen molar-refractivity contribution in [2.45, 2.75) is 44.9 Å². The highest BCUT2D eigenvalue weighted by Crippen LogP contribution is 2.14. The van der Waals surface area contributed by atoms with Gasteiger partial charge in [-0.2, -0.15) is 5.10 Å². The average Bonchev–Trinajstić information content (AvgIpc) is 2.90. The van der Waals surface area contributed by atoms with Gasteiger partial charge in [-0.05, 0) is 38.5 Å². The van der Waals surface area contributed by atoms with Crippen LogP contribution in [0.5, 0.6) is 0 Å². The van der Waals surface area contributed by atoms with Gasteiger partial charge in [0.25, 0.3) is 0 Å². The first-order valence-electron chi connectivity index (χ1n) is 6.42. The van der Waals surface area contributed by atoms with E-state index in [1.807, 2.05) is 0 Å². The molecule has 1 heterocycles. The van der Waals surface area contributed by atoms with E-state index in [1.165, 1.54) is 6.42 Å². The molecule has 94 valence electrons. The van der Waals surface area contributed by atoms with Crippen LogP contribution >= 0.6 is 0 Å². The summed E-state index contributed by atoms with van der Waals surface area (Å²) in [4.78, 5) is 24.8. The summed E-state index contributed by atoms with van der Waals surface area (Å²) in [5.41, 5.74) is 3.40. The van der Waals surface area contributed by atoms with Crippen molar-refractivity contribution in [3.05, 3.63) is 0 Å². The number of carbonyl (C=O) groups is 2. The fourth-order valence-corrected chi connectivity index (χ4v) is 2.31. The van der Waals surface area contributed by atoms with E-state index in [9.17, 15) is 9.59 Å². The predicted octanol–water partition coefficient (Wildman–Crippen LogP) is 1.05. The minimum absolute atomic E-state index is 0.442. The molecule has 2 amide bonds. The largest absolute Gasteiger partial charge is 0.334 e. The summed E-state index contributed by atoms with van der Waals surface area (Å²) in [7, 11) is 0. The Bertz CT molecular complexity index is 325. The van der Waals surface area contributed by atoms with Crippen LogP contribution in [0.15, 0.2) is 5.10 Å². The molecule has 1 aliphatic heterocycles. The Labute approximate surface area is 101 Å². The molecule has 5 nitrogen and oxygen atoms in total. The number of amides is 2. The second-order valence-electron chi connectivity index (χ2n) is 4.68. The van der Waals surface area contributed by atoms with Crippen molar-refractivity contribution in [3.63, 3.8) is 0 Å². The number of nitrogens with one attached hydrogen (secondary N) is 1. The lowest BCUT2D eigenvalue weighted by atomic mass is 9.99. The molecule has 0 aromatic heterocycles. The van der Waals surface area contributed by atoms with Gasteiger partial charge in [0, 0.05) is 18.8 Å². The summed E-state index contributed by atoms with van der Waals surface area (Å²) >= 11 is 0. The molecule has 0 radical (unpaired) electrons. The maximum Gasteiger partial charge on any atom is 0.329 e. The zero-order chi connectivity index (χ0) is 12.1. The summed E-state index contributed by atoms with van der Waals surface area (Å²) in [6.45, 7) is 1.39. The molecule has 1 N–H and O–H groups in total. The number of hydrazone groups is 1. The predicted molar refractivity (Wildman–Crippen MR) is 64.5 cm³/mol. The standard InChI is InChI=1S/C12H19N3O2/c16-11(12(17)15-8-4-5-9-15)14-13-10-6-2-1-3-7-10/h1-9H2,(H,14,16). The van der Waals surface area contributed by atoms with Gasteiger partial charge in [-0.3, -0.25) is 9.59 Å². The van der Waals surface area contributed by atoms with E-state index in [-0.39, 0.29) is 0 Å². The van der Waals surface area contributed by atoms with Gasteiger partial charge in [0.15, 0.2) is 0 Å². The minimum atomic E-state index is -0.593. The maximum atomic E-state index is 11.7. The third-order valence-electron chi connectivity index (χ3n) is 3.33. The molecule has 0 unspecified atom stereocenters. The van der Waals surface area contributed by atoms with Gasteiger partial charge in [-0.1, -0.05) is 6.42 Å². The normalized spacial score (nSPS) is 20.2. The van der Waals surface area contributed by atoms with Crippen LogP contribution in [0, 0.1) is 0 Å². The highest BCUT2D eigenvalue weighted by Gasteiger charge is 2.24. The molecule has 0 bridgehead atoms. The Morgan fingerprint density at radius 1 is 1.00 bits per heavy atom. The second-order valence-corrected chi connectivity index (χ2v) is 4.68. The van der Waals surface area contributed by atoms with Crippen molar-refractivity contribution in [1.82, 2.24) is 10.3 Å². The van der Waals surface area contributed by atoms with Gasteiger partial charge >= 0.3 is 11.8 Å². The molecule has 17 heavy (non-hydrogen) atoms. The van der Waals surface area contributed by atoms with Crippen LogP contribution in [0.1, 0.15) is 44.9 Å². The van der Waals surface area contributed by atoms with Gasteiger partial charge in [0.05, 0.1) is 0 Å². The Kier molecular flexibility index (Phi) is 4.12. The van der Waals surface area contributed by atoms with E-state index < -0.39 is 11.8 Å². The topological polar surface area (TPSA) is 61.8 Å². The minimum Gasteiger partial charge on any atom is -0.334 e. The summed E-state index contributed by atoms with van der Waals surface area (Å²) in [6, 6.07) is 0. The van der Waals surface area contributed by atoms with Gasteiger partial charge < -0.3 is 4.90 Å². The summed E-state index contributed by atoms with van der Waals surface area (Å²) < 4.78 is 0. The second kappa shape index (κ2) is 5.80. The number of likely N-dealkylation sites (tertiary alicyclic amines) is 1. The molecule has 1 saturated carbocycles. The van der Waals surface area contributed by atoms with E-state index in [4.69, 9.17) is 0 Å². The zero-order valence-corrected chi connectivity index (χ0v) is 10.1. The molecule has 0 aromatic carbocycles. The van der Waals surface area contributed by atoms with Crippen molar-refractivity contribution >= 4 is 17.5 Å². The SMILES string of the molecule is O=C(NN=C1CCCCC1)C(=O)N1CCCC1.